The maximum Gasteiger partial charge on any atom is 0.234 e. The Labute approximate surface area is 120 Å². The van der Waals surface area contributed by atoms with E-state index in [9.17, 15) is 9.59 Å². The van der Waals surface area contributed by atoms with Crippen LogP contribution in [0.2, 0.25) is 8.67 Å². The first-order chi connectivity index (χ1) is 8.43. The van der Waals surface area contributed by atoms with Gasteiger partial charge in [0.05, 0.1) is 23.0 Å². The van der Waals surface area contributed by atoms with Gasteiger partial charge in [-0.2, -0.15) is 0 Å². The molecule has 1 N–H and O–H groups in total. The molecule has 1 heterocycles. The van der Waals surface area contributed by atoms with Crippen molar-refractivity contribution in [2.24, 2.45) is 0 Å². The van der Waals surface area contributed by atoms with Gasteiger partial charge in [-0.25, -0.2) is 0 Å². The average molecular weight is 309 g/mol. The number of nitrogens with zero attached hydrogens (tertiary/aromatic N) is 1. The largest absolute Gasteiger partial charge is 0.355 e. The quantitative estimate of drug-likeness (QED) is 0.820. The van der Waals surface area contributed by atoms with Crippen LogP contribution in [0, 0.1) is 0 Å². The van der Waals surface area contributed by atoms with Gasteiger partial charge in [0.15, 0.2) is 5.78 Å². The summed E-state index contributed by atoms with van der Waals surface area (Å²) in [5.41, 5.74) is 0.411. The Morgan fingerprint density at radius 3 is 2.56 bits per heavy atom. The standard InChI is InChI=1S/C11H14Cl2N2O2S/c1-3-14-10(17)6-15(2)5-8(16)7-4-9(12)18-11(7)13/h4H,3,5-6H2,1-2H3,(H,14,17). The second-order valence-corrected chi connectivity index (χ2v) is 6.07. The van der Waals surface area contributed by atoms with E-state index < -0.39 is 0 Å². The molecular formula is C11H14Cl2N2O2S. The van der Waals surface area contributed by atoms with Crippen LogP contribution in [0.1, 0.15) is 17.3 Å². The van der Waals surface area contributed by atoms with Crippen LogP contribution < -0.4 is 5.32 Å². The minimum absolute atomic E-state index is 0.109. The van der Waals surface area contributed by atoms with Crippen molar-refractivity contribution in [1.29, 1.82) is 0 Å². The van der Waals surface area contributed by atoms with Gasteiger partial charge in [-0.15, -0.1) is 11.3 Å². The predicted octanol–water partition coefficient (Wildman–Crippen LogP) is 2.31. The van der Waals surface area contributed by atoms with Crippen LogP contribution in [0.25, 0.3) is 0 Å². The van der Waals surface area contributed by atoms with Gasteiger partial charge >= 0.3 is 0 Å². The zero-order chi connectivity index (χ0) is 13.7. The van der Waals surface area contributed by atoms with Gasteiger partial charge in [0, 0.05) is 6.54 Å². The number of halogens is 2. The fraction of sp³-hybridized carbons (Fsp3) is 0.455. The number of ketones is 1. The molecule has 0 radical (unpaired) electrons. The van der Waals surface area contributed by atoms with E-state index in [0.717, 1.165) is 11.3 Å². The molecular weight excluding hydrogens is 295 g/mol. The number of rotatable bonds is 6. The number of nitrogens with one attached hydrogen (secondary N) is 1. The lowest BCUT2D eigenvalue weighted by molar-refractivity contribution is -0.121. The lowest BCUT2D eigenvalue weighted by Crippen LogP contribution is -2.37. The molecule has 0 aliphatic carbocycles. The predicted molar refractivity (Wildman–Crippen MR) is 74.9 cm³/mol. The van der Waals surface area contributed by atoms with Crippen molar-refractivity contribution in [3.63, 3.8) is 0 Å². The Morgan fingerprint density at radius 1 is 1.39 bits per heavy atom. The SMILES string of the molecule is CCNC(=O)CN(C)CC(=O)c1cc(Cl)sc1Cl. The Bertz CT molecular complexity index is 448. The summed E-state index contributed by atoms with van der Waals surface area (Å²) in [5, 5.41) is 2.67. The maximum atomic E-state index is 11.9. The smallest absolute Gasteiger partial charge is 0.234 e. The fourth-order valence-corrected chi connectivity index (χ4v) is 2.91. The van der Waals surface area contributed by atoms with Crippen molar-refractivity contribution in [2.45, 2.75) is 6.92 Å². The van der Waals surface area contributed by atoms with Crippen molar-refractivity contribution in [2.75, 3.05) is 26.7 Å². The first-order valence-corrected chi connectivity index (χ1v) is 6.94. The number of Topliss-reactive ketones (excluding diaryl/α,β-unsaturated/α-hetero) is 1. The number of carbonyl (C=O) groups is 2. The van der Waals surface area contributed by atoms with Crippen molar-refractivity contribution in [3.8, 4) is 0 Å². The van der Waals surface area contributed by atoms with Gasteiger partial charge in [-0.1, -0.05) is 23.2 Å². The Hall–Kier alpha value is -0.620. The third-order valence-corrected chi connectivity index (χ3v) is 3.65. The van der Waals surface area contributed by atoms with Crippen molar-refractivity contribution in [1.82, 2.24) is 10.2 Å². The van der Waals surface area contributed by atoms with Crippen molar-refractivity contribution < 1.29 is 9.59 Å². The van der Waals surface area contributed by atoms with Crippen LogP contribution in [0.4, 0.5) is 0 Å². The number of hydrogen-bond donors (Lipinski definition) is 1. The molecule has 7 heteroatoms. The average Bonchev–Trinajstić information content (AvgIpc) is 2.57. The number of hydrogen-bond acceptors (Lipinski definition) is 4. The summed E-state index contributed by atoms with van der Waals surface area (Å²) in [6.07, 6.45) is 0. The zero-order valence-corrected chi connectivity index (χ0v) is 12.5. The second kappa shape index (κ2) is 7.09. The first-order valence-electron chi connectivity index (χ1n) is 5.37. The monoisotopic (exact) mass is 308 g/mol. The summed E-state index contributed by atoms with van der Waals surface area (Å²) in [5.74, 6) is -0.253. The highest BCUT2D eigenvalue weighted by Gasteiger charge is 2.17. The molecule has 0 aromatic carbocycles. The van der Waals surface area contributed by atoms with E-state index >= 15 is 0 Å². The van der Waals surface area contributed by atoms with Gasteiger partial charge in [0.2, 0.25) is 5.91 Å². The highest BCUT2D eigenvalue weighted by Crippen LogP contribution is 2.31. The van der Waals surface area contributed by atoms with E-state index in [1.807, 2.05) is 6.92 Å². The number of carbonyl (C=O) groups excluding carboxylic acids is 2. The van der Waals surface area contributed by atoms with Gasteiger partial charge in [-0.05, 0) is 20.0 Å². The third-order valence-electron chi connectivity index (χ3n) is 2.16. The molecule has 1 amide bonds. The number of amides is 1. The summed E-state index contributed by atoms with van der Waals surface area (Å²) < 4.78 is 0.867. The summed E-state index contributed by atoms with van der Waals surface area (Å²) in [7, 11) is 1.70. The molecule has 1 aromatic rings. The highest BCUT2D eigenvalue weighted by atomic mass is 35.5. The molecule has 1 aromatic heterocycles. The highest BCUT2D eigenvalue weighted by molar-refractivity contribution is 7.20. The molecule has 0 bridgehead atoms. The third kappa shape index (κ3) is 4.57. The van der Waals surface area contributed by atoms with E-state index in [1.165, 1.54) is 0 Å². The van der Waals surface area contributed by atoms with E-state index in [2.05, 4.69) is 5.32 Å². The topological polar surface area (TPSA) is 49.4 Å². The van der Waals surface area contributed by atoms with E-state index in [-0.39, 0.29) is 24.8 Å². The fourth-order valence-electron chi connectivity index (χ4n) is 1.41. The van der Waals surface area contributed by atoms with Crippen molar-refractivity contribution >= 4 is 46.2 Å². The van der Waals surface area contributed by atoms with Crippen LogP contribution in [-0.4, -0.2) is 43.3 Å². The number of likely N-dealkylation sites (N-methyl/N-ethyl adjacent to an activating group) is 2. The van der Waals surface area contributed by atoms with E-state index in [1.54, 1.807) is 18.0 Å². The van der Waals surface area contributed by atoms with Gasteiger partial charge in [-0.3, -0.25) is 14.5 Å². The van der Waals surface area contributed by atoms with Crippen LogP contribution in [-0.2, 0) is 4.79 Å². The molecule has 100 valence electrons. The van der Waals surface area contributed by atoms with Crippen LogP contribution in [0.15, 0.2) is 6.07 Å². The lowest BCUT2D eigenvalue weighted by atomic mass is 10.2. The van der Waals surface area contributed by atoms with E-state index in [0.29, 0.717) is 20.8 Å². The van der Waals surface area contributed by atoms with E-state index in [4.69, 9.17) is 23.2 Å². The number of thiophene rings is 1. The Morgan fingerprint density at radius 2 is 2.06 bits per heavy atom. The lowest BCUT2D eigenvalue weighted by Gasteiger charge is -2.14. The van der Waals surface area contributed by atoms with Gasteiger partial charge in [0.1, 0.15) is 4.34 Å². The molecule has 1 rings (SSSR count). The van der Waals surface area contributed by atoms with Crippen LogP contribution in [0.3, 0.4) is 0 Å². The Kier molecular flexibility index (Phi) is 6.08. The minimum Gasteiger partial charge on any atom is -0.355 e. The normalized spacial score (nSPS) is 10.7. The summed E-state index contributed by atoms with van der Waals surface area (Å²) in [6.45, 7) is 2.72. The van der Waals surface area contributed by atoms with Crippen LogP contribution >= 0.6 is 34.5 Å². The summed E-state index contributed by atoms with van der Waals surface area (Å²) >= 11 is 12.8. The Balaban J connectivity index is 2.54. The maximum absolute atomic E-state index is 11.9. The molecule has 0 atom stereocenters. The molecule has 0 unspecified atom stereocenters. The molecule has 0 fully saturated rings. The van der Waals surface area contributed by atoms with Crippen molar-refractivity contribution in [3.05, 3.63) is 20.3 Å². The molecule has 0 saturated carbocycles. The minimum atomic E-state index is -0.144. The molecule has 4 nitrogen and oxygen atoms in total. The van der Waals surface area contributed by atoms with Gasteiger partial charge < -0.3 is 5.32 Å². The van der Waals surface area contributed by atoms with Gasteiger partial charge in [0.25, 0.3) is 0 Å². The zero-order valence-electron chi connectivity index (χ0n) is 10.1. The molecule has 0 spiro atoms. The molecule has 0 saturated heterocycles. The summed E-state index contributed by atoms with van der Waals surface area (Å²) in [4.78, 5) is 24.9. The first kappa shape index (κ1) is 15.4. The molecule has 0 aliphatic rings. The molecule has 0 aliphatic heterocycles. The molecule has 18 heavy (non-hydrogen) atoms. The second-order valence-electron chi connectivity index (χ2n) is 3.79. The summed E-state index contributed by atoms with van der Waals surface area (Å²) in [6, 6.07) is 1.55. The van der Waals surface area contributed by atoms with Crippen LogP contribution in [0.5, 0.6) is 0 Å².